The predicted molar refractivity (Wildman–Crippen MR) is 109 cm³/mol. The molecular formula is C21H28N4O2. The summed E-state index contributed by atoms with van der Waals surface area (Å²) in [6, 6.07) is 15.5. The summed E-state index contributed by atoms with van der Waals surface area (Å²) >= 11 is 0. The molecule has 2 aromatic carbocycles. The average Bonchev–Trinajstić information content (AvgIpc) is 2.72. The molecule has 0 fully saturated rings. The van der Waals surface area contributed by atoms with E-state index in [9.17, 15) is 4.79 Å². The normalized spacial score (nSPS) is 11.0. The van der Waals surface area contributed by atoms with Crippen LogP contribution in [0.1, 0.15) is 34.8 Å². The fraction of sp³-hybridized carbons (Fsp3) is 0.333. The minimum Gasteiger partial charge on any atom is -0.497 e. The van der Waals surface area contributed by atoms with Gasteiger partial charge in [-0.1, -0.05) is 31.2 Å². The number of nitrogens with zero attached hydrogens (tertiary/aromatic N) is 1. The number of hydrogen-bond acceptors (Lipinski definition) is 3. The summed E-state index contributed by atoms with van der Waals surface area (Å²) in [5.41, 5.74) is 2.79. The molecule has 0 aliphatic carbocycles. The first kappa shape index (κ1) is 20.3. The molecule has 6 nitrogen and oxygen atoms in total. The van der Waals surface area contributed by atoms with Crippen LogP contribution < -0.4 is 20.7 Å². The molecule has 144 valence electrons. The second kappa shape index (κ2) is 10.9. The second-order valence-electron chi connectivity index (χ2n) is 6.09. The number of aliphatic imine (C=N–C) groups is 1. The van der Waals surface area contributed by atoms with Crippen molar-refractivity contribution in [2.45, 2.75) is 26.4 Å². The molecule has 0 aliphatic rings. The van der Waals surface area contributed by atoms with Gasteiger partial charge in [0.1, 0.15) is 5.75 Å². The maximum absolute atomic E-state index is 12.1. The molecular weight excluding hydrogens is 340 g/mol. The van der Waals surface area contributed by atoms with E-state index in [2.05, 4.69) is 20.9 Å². The maximum Gasteiger partial charge on any atom is 0.251 e. The van der Waals surface area contributed by atoms with Crippen molar-refractivity contribution in [3.8, 4) is 5.75 Å². The van der Waals surface area contributed by atoms with Crippen molar-refractivity contribution in [1.82, 2.24) is 16.0 Å². The van der Waals surface area contributed by atoms with Crippen molar-refractivity contribution >= 4 is 11.9 Å². The van der Waals surface area contributed by atoms with Gasteiger partial charge in [-0.15, -0.1) is 0 Å². The molecule has 0 saturated carbocycles. The Balaban J connectivity index is 1.89. The Morgan fingerprint density at radius 3 is 2.30 bits per heavy atom. The van der Waals surface area contributed by atoms with E-state index in [1.54, 1.807) is 14.2 Å². The summed E-state index contributed by atoms with van der Waals surface area (Å²) < 4.78 is 5.24. The number of hydrogen-bond donors (Lipinski definition) is 3. The zero-order valence-electron chi connectivity index (χ0n) is 16.2. The highest BCUT2D eigenvalue weighted by molar-refractivity contribution is 5.94. The van der Waals surface area contributed by atoms with Gasteiger partial charge in [0, 0.05) is 32.2 Å². The number of carbonyl (C=O) groups is 1. The quantitative estimate of drug-likeness (QED) is 0.495. The third-order valence-corrected chi connectivity index (χ3v) is 4.00. The van der Waals surface area contributed by atoms with E-state index in [0.717, 1.165) is 23.3 Å². The van der Waals surface area contributed by atoms with Crippen LogP contribution in [0.3, 0.4) is 0 Å². The van der Waals surface area contributed by atoms with Gasteiger partial charge in [0.05, 0.1) is 7.11 Å². The number of rotatable bonds is 8. The van der Waals surface area contributed by atoms with E-state index < -0.39 is 0 Å². The molecule has 2 aromatic rings. The minimum absolute atomic E-state index is 0.0424. The molecule has 27 heavy (non-hydrogen) atoms. The first-order valence-corrected chi connectivity index (χ1v) is 9.10. The number of nitrogens with one attached hydrogen (secondary N) is 3. The predicted octanol–water partition coefficient (Wildman–Crippen LogP) is 2.70. The lowest BCUT2D eigenvalue weighted by Crippen LogP contribution is -2.36. The Labute approximate surface area is 161 Å². The van der Waals surface area contributed by atoms with Crippen molar-refractivity contribution in [1.29, 1.82) is 0 Å². The fourth-order valence-corrected chi connectivity index (χ4v) is 2.54. The van der Waals surface area contributed by atoms with Gasteiger partial charge >= 0.3 is 0 Å². The minimum atomic E-state index is -0.0424. The molecule has 0 heterocycles. The summed E-state index contributed by atoms with van der Waals surface area (Å²) in [6.07, 6.45) is 0.919. The van der Waals surface area contributed by atoms with Crippen LogP contribution in [-0.4, -0.2) is 32.6 Å². The fourth-order valence-electron chi connectivity index (χ4n) is 2.54. The van der Waals surface area contributed by atoms with Gasteiger partial charge in [0.25, 0.3) is 5.91 Å². The van der Waals surface area contributed by atoms with Crippen molar-refractivity contribution in [2.24, 2.45) is 4.99 Å². The molecule has 2 rings (SSSR count). The van der Waals surface area contributed by atoms with Crippen LogP contribution in [0.4, 0.5) is 0 Å². The average molecular weight is 368 g/mol. The van der Waals surface area contributed by atoms with Gasteiger partial charge in [0.2, 0.25) is 0 Å². The van der Waals surface area contributed by atoms with Gasteiger partial charge < -0.3 is 20.7 Å². The molecule has 0 aliphatic heterocycles. The number of carbonyl (C=O) groups excluding carboxylic acids is 1. The summed E-state index contributed by atoms with van der Waals surface area (Å²) in [7, 11) is 3.39. The SMILES string of the molecule is CCCNC(=O)c1cccc(CNC(=NC)NCc2cccc(OC)c2)c1. The Hall–Kier alpha value is -3.02. The summed E-state index contributed by atoms with van der Waals surface area (Å²) in [5.74, 6) is 1.48. The van der Waals surface area contributed by atoms with Gasteiger partial charge in [-0.2, -0.15) is 0 Å². The Bertz CT molecular complexity index is 774. The first-order valence-electron chi connectivity index (χ1n) is 9.10. The lowest BCUT2D eigenvalue weighted by molar-refractivity contribution is 0.0953. The van der Waals surface area contributed by atoms with Crippen LogP contribution in [0.5, 0.6) is 5.75 Å². The van der Waals surface area contributed by atoms with E-state index in [4.69, 9.17) is 4.74 Å². The van der Waals surface area contributed by atoms with Gasteiger partial charge in [0.15, 0.2) is 5.96 Å². The van der Waals surface area contributed by atoms with Gasteiger partial charge in [-0.3, -0.25) is 9.79 Å². The van der Waals surface area contributed by atoms with Crippen LogP contribution in [0.15, 0.2) is 53.5 Å². The molecule has 0 aromatic heterocycles. The van der Waals surface area contributed by atoms with Crippen LogP contribution in [0.25, 0.3) is 0 Å². The van der Waals surface area contributed by atoms with Crippen LogP contribution in [-0.2, 0) is 13.1 Å². The number of ether oxygens (including phenoxy) is 1. The topological polar surface area (TPSA) is 74.8 Å². The summed E-state index contributed by atoms with van der Waals surface area (Å²) in [4.78, 5) is 16.3. The smallest absolute Gasteiger partial charge is 0.251 e. The molecule has 1 amide bonds. The van der Waals surface area contributed by atoms with Crippen LogP contribution >= 0.6 is 0 Å². The highest BCUT2D eigenvalue weighted by Crippen LogP contribution is 2.12. The molecule has 3 N–H and O–H groups in total. The molecule has 0 unspecified atom stereocenters. The molecule has 0 spiro atoms. The number of amides is 1. The van der Waals surface area contributed by atoms with E-state index >= 15 is 0 Å². The summed E-state index contributed by atoms with van der Waals surface area (Å²) in [5, 5.41) is 9.44. The van der Waals surface area contributed by atoms with E-state index in [0.29, 0.717) is 31.2 Å². The third kappa shape index (κ3) is 6.66. The number of methoxy groups -OCH3 is 1. The molecule has 0 radical (unpaired) electrons. The highest BCUT2D eigenvalue weighted by atomic mass is 16.5. The van der Waals surface area contributed by atoms with Gasteiger partial charge in [-0.05, 0) is 41.8 Å². The van der Waals surface area contributed by atoms with Crippen molar-refractivity contribution in [3.05, 3.63) is 65.2 Å². The van der Waals surface area contributed by atoms with Crippen LogP contribution in [0, 0.1) is 0 Å². The maximum atomic E-state index is 12.1. The van der Waals surface area contributed by atoms with E-state index in [-0.39, 0.29) is 5.91 Å². The number of guanidine groups is 1. The lowest BCUT2D eigenvalue weighted by Gasteiger charge is -2.13. The van der Waals surface area contributed by atoms with Crippen molar-refractivity contribution < 1.29 is 9.53 Å². The lowest BCUT2D eigenvalue weighted by atomic mass is 10.1. The largest absolute Gasteiger partial charge is 0.497 e. The Kier molecular flexibility index (Phi) is 8.16. The van der Waals surface area contributed by atoms with E-state index in [1.807, 2.05) is 55.5 Å². The molecule has 0 bridgehead atoms. The Morgan fingerprint density at radius 2 is 1.67 bits per heavy atom. The molecule has 6 heteroatoms. The van der Waals surface area contributed by atoms with Crippen LogP contribution in [0.2, 0.25) is 0 Å². The zero-order chi connectivity index (χ0) is 19.5. The highest BCUT2D eigenvalue weighted by Gasteiger charge is 2.06. The van der Waals surface area contributed by atoms with Crippen molar-refractivity contribution in [2.75, 3.05) is 20.7 Å². The second-order valence-corrected chi connectivity index (χ2v) is 6.09. The van der Waals surface area contributed by atoms with E-state index in [1.165, 1.54) is 0 Å². The number of benzene rings is 2. The zero-order valence-corrected chi connectivity index (χ0v) is 16.2. The standard InChI is InChI=1S/C21H28N4O2/c1-4-11-23-20(26)18-9-5-7-16(12-18)14-24-21(22-2)25-15-17-8-6-10-19(13-17)27-3/h5-10,12-13H,4,11,14-15H2,1-3H3,(H,23,26)(H2,22,24,25). The third-order valence-electron chi connectivity index (χ3n) is 4.00. The summed E-state index contributed by atoms with van der Waals surface area (Å²) in [6.45, 7) is 3.93. The Morgan fingerprint density at radius 1 is 1.00 bits per heavy atom. The monoisotopic (exact) mass is 368 g/mol. The van der Waals surface area contributed by atoms with Gasteiger partial charge in [-0.25, -0.2) is 0 Å². The van der Waals surface area contributed by atoms with Crippen molar-refractivity contribution in [3.63, 3.8) is 0 Å². The first-order chi connectivity index (χ1) is 13.2. The molecule has 0 atom stereocenters. The molecule has 0 saturated heterocycles.